The third kappa shape index (κ3) is 3.32. The minimum absolute atomic E-state index is 0.00160. The molecule has 0 amide bonds. The van der Waals surface area contributed by atoms with E-state index in [1.807, 2.05) is 6.92 Å². The lowest BCUT2D eigenvalue weighted by atomic mass is 10.00. The van der Waals surface area contributed by atoms with E-state index in [2.05, 4.69) is 5.32 Å². The molecule has 1 fully saturated rings. The van der Waals surface area contributed by atoms with Crippen molar-refractivity contribution in [2.75, 3.05) is 11.5 Å². The lowest BCUT2D eigenvalue weighted by Crippen LogP contribution is -2.47. The predicted octanol–water partition coefficient (Wildman–Crippen LogP) is 2.54. The molecule has 3 nitrogen and oxygen atoms in total. The Labute approximate surface area is 116 Å². The molecule has 1 aliphatic heterocycles. The molecule has 20 heavy (non-hydrogen) atoms. The van der Waals surface area contributed by atoms with Gasteiger partial charge in [0.15, 0.2) is 9.84 Å². The molecule has 1 aromatic rings. The van der Waals surface area contributed by atoms with E-state index >= 15 is 0 Å². The van der Waals surface area contributed by atoms with Gasteiger partial charge in [0.2, 0.25) is 0 Å². The number of nitrogens with one attached hydrogen (secondary N) is 1. The average Bonchev–Trinajstić information content (AvgIpc) is 2.35. The standard InChI is InChI=1S/C13H16F3NO2S/c1-2-9-7-20(18,19)8-12(17-9)10-5-3-4-6-11(10)13(14,15)16/h3-6,9,12,17H,2,7-8H2,1H3. The topological polar surface area (TPSA) is 46.2 Å². The van der Waals surface area contributed by atoms with Crippen molar-refractivity contribution in [2.45, 2.75) is 31.6 Å². The number of hydrogen-bond acceptors (Lipinski definition) is 3. The molecule has 0 aromatic heterocycles. The van der Waals surface area contributed by atoms with Gasteiger partial charge in [-0.15, -0.1) is 0 Å². The Morgan fingerprint density at radius 2 is 1.90 bits per heavy atom. The van der Waals surface area contributed by atoms with Gasteiger partial charge in [-0.25, -0.2) is 8.42 Å². The molecule has 1 aromatic carbocycles. The van der Waals surface area contributed by atoms with Crippen molar-refractivity contribution in [1.82, 2.24) is 5.32 Å². The minimum atomic E-state index is -4.48. The van der Waals surface area contributed by atoms with Gasteiger partial charge >= 0.3 is 6.18 Å². The number of benzene rings is 1. The van der Waals surface area contributed by atoms with Crippen LogP contribution in [0.15, 0.2) is 24.3 Å². The van der Waals surface area contributed by atoms with Gasteiger partial charge in [0.1, 0.15) is 0 Å². The second kappa shape index (κ2) is 5.37. The zero-order chi connectivity index (χ0) is 15.0. The van der Waals surface area contributed by atoms with E-state index in [9.17, 15) is 21.6 Å². The summed E-state index contributed by atoms with van der Waals surface area (Å²) < 4.78 is 62.7. The van der Waals surface area contributed by atoms with E-state index < -0.39 is 27.6 Å². The zero-order valence-electron chi connectivity index (χ0n) is 10.9. The molecule has 2 atom stereocenters. The molecule has 1 saturated heterocycles. The highest BCUT2D eigenvalue weighted by Gasteiger charge is 2.38. The van der Waals surface area contributed by atoms with Gasteiger partial charge in [-0.05, 0) is 18.1 Å². The van der Waals surface area contributed by atoms with Gasteiger partial charge in [0, 0.05) is 12.1 Å². The average molecular weight is 307 g/mol. The lowest BCUT2D eigenvalue weighted by molar-refractivity contribution is -0.138. The maximum absolute atomic E-state index is 13.0. The maximum Gasteiger partial charge on any atom is 0.416 e. The van der Waals surface area contributed by atoms with Crippen molar-refractivity contribution in [3.05, 3.63) is 35.4 Å². The van der Waals surface area contributed by atoms with Crippen LogP contribution >= 0.6 is 0 Å². The summed E-state index contributed by atoms with van der Waals surface area (Å²) in [4.78, 5) is 0. The van der Waals surface area contributed by atoms with E-state index in [-0.39, 0.29) is 23.1 Å². The second-order valence-electron chi connectivity index (χ2n) is 4.99. The molecule has 112 valence electrons. The minimum Gasteiger partial charge on any atom is -0.305 e. The monoisotopic (exact) mass is 307 g/mol. The Kier molecular flexibility index (Phi) is 4.11. The van der Waals surface area contributed by atoms with Gasteiger partial charge in [0.05, 0.1) is 17.1 Å². The Morgan fingerprint density at radius 3 is 2.50 bits per heavy atom. The molecule has 7 heteroatoms. The van der Waals surface area contributed by atoms with Gasteiger partial charge in [-0.3, -0.25) is 0 Å². The van der Waals surface area contributed by atoms with Crippen LogP contribution in [-0.2, 0) is 16.0 Å². The van der Waals surface area contributed by atoms with Crippen molar-refractivity contribution in [1.29, 1.82) is 0 Å². The van der Waals surface area contributed by atoms with E-state index in [1.165, 1.54) is 18.2 Å². The van der Waals surface area contributed by atoms with Crippen molar-refractivity contribution in [3.8, 4) is 0 Å². The Hall–Kier alpha value is -1.08. The molecule has 0 radical (unpaired) electrons. The van der Waals surface area contributed by atoms with E-state index in [1.54, 1.807) is 0 Å². The van der Waals surface area contributed by atoms with Crippen LogP contribution in [0.1, 0.15) is 30.5 Å². The van der Waals surface area contributed by atoms with Crippen molar-refractivity contribution in [3.63, 3.8) is 0 Å². The van der Waals surface area contributed by atoms with E-state index in [0.717, 1.165) is 6.07 Å². The molecule has 0 bridgehead atoms. The first-order valence-corrected chi connectivity index (χ1v) is 8.17. The largest absolute Gasteiger partial charge is 0.416 e. The van der Waals surface area contributed by atoms with Crippen LogP contribution in [0.2, 0.25) is 0 Å². The summed E-state index contributed by atoms with van der Waals surface area (Å²) in [5.41, 5.74) is -0.772. The normalized spacial score (nSPS) is 26.4. The zero-order valence-corrected chi connectivity index (χ0v) is 11.8. The van der Waals surface area contributed by atoms with Crippen LogP contribution < -0.4 is 5.32 Å². The fourth-order valence-electron chi connectivity index (χ4n) is 2.48. The summed E-state index contributed by atoms with van der Waals surface area (Å²) in [5, 5.41) is 3.01. The van der Waals surface area contributed by atoms with Crippen LogP contribution in [-0.4, -0.2) is 26.0 Å². The van der Waals surface area contributed by atoms with Crippen LogP contribution in [0.25, 0.3) is 0 Å². The Bertz CT molecular complexity index is 584. The highest BCUT2D eigenvalue weighted by Crippen LogP contribution is 2.36. The van der Waals surface area contributed by atoms with Gasteiger partial charge < -0.3 is 5.32 Å². The molecular weight excluding hydrogens is 291 g/mol. The highest BCUT2D eigenvalue weighted by atomic mass is 32.2. The lowest BCUT2D eigenvalue weighted by Gasteiger charge is -2.32. The van der Waals surface area contributed by atoms with E-state index in [0.29, 0.717) is 6.42 Å². The quantitative estimate of drug-likeness (QED) is 0.913. The molecule has 0 spiro atoms. The number of hydrogen-bond donors (Lipinski definition) is 1. The first-order valence-electron chi connectivity index (χ1n) is 6.35. The first-order chi connectivity index (χ1) is 9.23. The Balaban J connectivity index is 2.41. The summed E-state index contributed by atoms with van der Waals surface area (Å²) in [6, 6.07) is 4.01. The van der Waals surface area contributed by atoms with Crippen LogP contribution in [0.4, 0.5) is 13.2 Å². The molecule has 2 rings (SSSR count). The molecular formula is C13H16F3NO2S. The van der Waals surface area contributed by atoms with Crippen molar-refractivity contribution >= 4 is 9.84 Å². The second-order valence-corrected chi connectivity index (χ2v) is 7.14. The maximum atomic E-state index is 13.0. The molecule has 1 aliphatic rings. The number of halogens is 3. The predicted molar refractivity (Wildman–Crippen MR) is 70.1 cm³/mol. The summed E-state index contributed by atoms with van der Waals surface area (Å²) in [6.07, 6.45) is -3.93. The summed E-state index contributed by atoms with van der Waals surface area (Å²) >= 11 is 0. The van der Waals surface area contributed by atoms with Crippen molar-refractivity contribution in [2.24, 2.45) is 0 Å². The molecule has 1 N–H and O–H groups in total. The van der Waals surface area contributed by atoms with Gasteiger partial charge in [0.25, 0.3) is 0 Å². The summed E-state index contributed by atoms with van der Waals surface area (Å²) in [5.74, 6) is -0.315. The fraction of sp³-hybridized carbons (Fsp3) is 0.538. The van der Waals surface area contributed by atoms with Crippen LogP contribution in [0, 0.1) is 0 Å². The number of rotatable bonds is 2. The smallest absolute Gasteiger partial charge is 0.305 e. The third-order valence-corrected chi connectivity index (χ3v) is 5.20. The number of sulfone groups is 1. The highest BCUT2D eigenvalue weighted by molar-refractivity contribution is 7.91. The molecule has 2 unspecified atom stereocenters. The molecule has 0 saturated carbocycles. The summed E-state index contributed by atoms with van der Waals surface area (Å²) in [7, 11) is -3.33. The Morgan fingerprint density at radius 1 is 1.25 bits per heavy atom. The van der Waals surface area contributed by atoms with Crippen LogP contribution in [0.5, 0.6) is 0 Å². The van der Waals surface area contributed by atoms with E-state index in [4.69, 9.17) is 0 Å². The number of alkyl halides is 3. The van der Waals surface area contributed by atoms with Gasteiger partial charge in [-0.2, -0.15) is 13.2 Å². The van der Waals surface area contributed by atoms with Crippen molar-refractivity contribution < 1.29 is 21.6 Å². The SMILES string of the molecule is CCC1CS(=O)(=O)CC(c2ccccc2C(F)(F)F)N1. The molecule has 0 aliphatic carbocycles. The third-order valence-electron chi connectivity index (χ3n) is 3.45. The fourth-order valence-corrected chi connectivity index (χ4v) is 4.35. The first kappa shape index (κ1) is 15.3. The van der Waals surface area contributed by atoms with Crippen LogP contribution in [0.3, 0.4) is 0 Å². The van der Waals surface area contributed by atoms with Gasteiger partial charge in [-0.1, -0.05) is 25.1 Å². The molecule has 1 heterocycles. The summed E-state index contributed by atoms with van der Waals surface area (Å²) in [6.45, 7) is 1.81.